The van der Waals surface area contributed by atoms with Gasteiger partial charge < -0.3 is 33.5 Å². The van der Waals surface area contributed by atoms with Crippen LogP contribution in [0.3, 0.4) is 0 Å². The Labute approximate surface area is 331 Å². The maximum absolute atomic E-state index is 11.0. The quantitative estimate of drug-likeness (QED) is 0.221. The molecule has 11 nitrogen and oxygen atoms in total. The van der Waals surface area contributed by atoms with Crippen molar-refractivity contribution < 1.29 is 33.5 Å². The first-order valence-corrected chi connectivity index (χ1v) is 19.9. The van der Waals surface area contributed by atoms with E-state index in [1.54, 1.807) is 28.4 Å². The molecule has 1 N–H and O–H groups in total. The number of hydrogen-bond acceptors (Lipinski definition) is 11. The van der Waals surface area contributed by atoms with Crippen molar-refractivity contribution in [1.29, 1.82) is 0 Å². The highest BCUT2D eigenvalue weighted by molar-refractivity contribution is 5.67. The van der Waals surface area contributed by atoms with Crippen molar-refractivity contribution >= 4 is 0 Å². The molecule has 0 aliphatic carbocycles. The number of aliphatic hydroxyl groups excluding tert-OH is 1. The van der Waals surface area contributed by atoms with Crippen LogP contribution in [0.2, 0.25) is 0 Å². The molecule has 9 rings (SSSR count). The molecule has 4 aromatic rings. The molecule has 0 aromatic heterocycles. The summed E-state index contributed by atoms with van der Waals surface area (Å²) in [4.78, 5) is 9.28. The number of nitrogens with zero attached hydrogens (tertiary/aromatic N) is 4. The summed E-state index contributed by atoms with van der Waals surface area (Å²) in [5.74, 6) is 5.28. The van der Waals surface area contributed by atoms with Gasteiger partial charge in [0.05, 0.1) is 28.4 Å². The van der Waals surface area contributed by atoms with E-state index in [-0.39, 0.29) is 12.1 Å². The Hall–Kier alpha value is -4.52. The highest BCUT2D eigenvalue weighted by Gasteiger charge is 2.38. The monoisotopic (exact) mass is 764 g/mol. The number of likely N-dealkylation sites (N-methyl/N-ethyl adjacent to an activating group) is 3. The van der Waals surface area contributed by atoms with Crippen LogP contribution in [0, 0.1) is 0 Å². The predicted octanol–water partition coefficient (Wildman–Crippen LogP) is 6.62. The van der Waals surface area contributed by atoms with Crippen LogP contribution in [-0.2, 0) is 32.2 Å². The van der Waals surface area contributed by atoms with E-state index in [1.165, 1.54) is 22.3 Å². The van der Waals surface area contributed by atoms with Crippen LogP contribution in [0.4, 0.5) is 0 Å². The minimum Gasteiger partial charge on any atom is -0.493 e. The molecular formula is C45H56N4O7. The molecule has 0 amide bonds. The van der Waals surface area contributed by atoms with E-state index in [2.05, 4.69) is 89.1 Å². The van der Waals surface area contributed by atoms with Crippen LogP contribution in [0.25, 0.3) is 0 Å². The van der Waals surface area contributed by atoms with Crippen LogP contribution in [-0.4, -0.2) is 113 Å². The average Bonchev–Trinajstić information content (AvgIpc) is 3.20. The largest absolute Gasteiger partial charge is 0.493 e. The normalized spacial score (nSPS) is 21.6. The molecule has 5 aliphatic rings. The number of benzene rings is 4. The zero-order chi connectivity index (χ0) is 39.1. The van der Waals surface area contributed by atoms with Crippen LogP contribution in [0.15, 0.2) is 54.6 Å². The summed E-state index contributed by atoms with van der Waals surface area (Å²) in [6, 6.07) is 19.0. The fraction of sp³-hybridized carbons (Fsp3) is 0.467. The van der Waals surface area contributed by atoms with Gasteiger partial charge in [0.1, 0.15) is 12.0 Å². The first kappa shape index (κ1) is 38.4. The highest BCUT2D eigenvalue weighted by Crippen LogP contribution is 2.54. The molecule has 1 unspecified atom stereocenters. The van der Waals surface area contributed by atoms with Crippen LogP contribution < -0.4 is 28.4 Å². The molecule has 0 radical (unpaired) electrons. The lowest BCUT2D eigenvalue weighted by Gasteiger charge is -2.41. The van der Waals surface area contributed by atoms with Crippen molar-refractivity contribution in [2.45, 2.75) is 57.5 Å². The Morgan fingerprint density at radius 1 is 0.714 bits per heavy atom. The average molecular weight is 765 g/mol. The summed E-state index contributed by atoms with van der Waals surface area (Å²) in [7, 11) is 11.2. The molecule has 4 aromatic carbocycles. The fourth-order valence-corrected chi connectivity index (χ4v) is 9.27. The van der Waals surface area contributed by atoms with Crippen molar-refractivity contribution in [3.8, 4) is 46.0 Å². The minimum atomic E-state index is -0.525. The zero-order valence-electron chi connectivity index (χ0n) is 33.9. The maximum atomic E-state index is 11.0. The molecule has 11 heteroatoms. The van der Waals surface area contributed by atoms with Gasteiger partial charge in [-0.15, -0.1) is 0 Å². The van der Waals surface area contributed by atoms with Gasteiger partial charge in [0.25, 0.3) is 0 Å². The number of ether oxygens (including phenoxy) is 6. The molecule has 5 aliphatic heterocycles. The van der Waals surface area contributed by atoms with Crippen molar-refractivity contribution in [3.63, 3.8) is 0 Å². The molecule has 3 atom stereocenters. The standard InChI is InChI=1S/C45H56N4O7/c1-8-49-20-19-48(27-41(49)50)26-34-32-16-18-47(3)36-22-29-11-14-37(51-4)39(23-29)55-31-12-9-28(10-13-31)21-35-33-25-40(38(52-5)24-30(33)15-17-46(35)2)56-44(42(32)36)45(54-7)43(34)53-6/h9-14,23-25,35-36,41,50H,8,15-22,26-27H2,1-7H3/t35-,36-,41?/m0/s1. The molecule has 298 valence electrons. The van der Waals surface area contributed by atoms with E-state index < -0.39 is 6.23 Å². The van der Waals surface area contributed by atoms with Gasteiger partial charge in [-0.25, -0.2) is 0 Å². The smallest absolute Gasteiger partial charge is 0.204 e. The number of methoxy groups -OCH3 is 4. The van der Waals surface area contributed by atoms with Gasteiger partial charge in [-0.2, -0.15) is 0 Å². The first-order valence-electron chi connectivity index (χ1n) is 19.9. The molecule has 1 fully saturated rings. The molecule has 1 saturated heterocycles. The van der Waals surface area contributed by atoms with Crippen LogP contribution >= 0.6 is 0 Å². The molecule has 5 heterocycles. The molecule has 0 spiro atoms. The van der Waals surface area contributed by atoms with E-state index in [1.807, 2.05) is 6.07 Å². The number of piperazine rings is 1. The summed E-state index contributed by atoms with van der Waals surface area (Å²) < 4.78 is 38.4. The van der Waals surface area contributed by atoms with Gasteiger partial charge in [0, 0.05) is 62.5 Å². The maximum Gasteiger partial charge on any atom is 0.204 e. The Morgan fingerprint density at radius 3 is 2.12 bits per heavy atom. The topological polar surface area (TPSA) is 88.6 Å². The Bertz CT molecular complexity index is 2060. The van der Waals surface area contributed by atoms with E-state index in [4.69, 9.17) is 28.4 Å². The molecule has 0 saturated carbocycles. The van der Waals surface area contributed by atoms with Crippen LogP contribution in [0.5, 0.6) is 46.0 Å². The van der Waals surface area contributed by atoms with E-state index in [9.17, 15) is 5.11 Å². The number of rotatable bonds is 7. The van der Waals surface area contributed by atoms with Gasteiger partial charge in [0.15, 0.2) is 34.5 Å². The third kappa shape index (κ3) is 7.16. The van der Waals surface area contributed by atoms with E-state index in [0.717, 1.165) is 74.4 Å². The van der Waals surface area contributed by atoms with Gasteiger partial charge in [0.2, 0.25) is 5.75 Å². The Morgan fingerprint density at radius 2 is 1.41 bits per heavy atom. The lowest BCUT2D eigenvalue weighted by molar-refractivity contribution is -0.0552. The Balaban J connectivity index is 1.35. The summed E-state index contributed by atoms with van der Waals surface area (Å²) in [6.07, 6.45) is 2.69. The SMILES string of the molecule is CCN1CCN(Cc2c3c4c(c(OC)c2OC)Oc2cc5c(cc2OC)CCN(C)[C@H]5Cc2ccc(cc2)Oc2cc(ccc2OC)C[C@@H]4N(C)CC3)CC1O. The van der Waals surface area contributed by atoms with Gasteiger partial charge in [-0.05, 0) is 111 Å². The van der Waals surface area contributed by atoms with E-state index in [0.29, 0.717) is 59.8 Å². The number of fused-ring (bicyclic) bond motifs is 2. The summed E-state index contributed by atoms with van der Waals surface area (Å²) in [5, 5.41) is 11.0. The van der Waals surface area contributed by atoms with Crippen LogP contribution in [0.1, 0.15) is 58.0 Å². The third-order valence-electron chi connectivity index (χ3n) is 12.4. The van der Waals surface area contributed by atoms with Gasteiger partial charge in [-0.1, -0.05) is 25.1 Å². The minimum absolute atomic E-state index is 0.0863. The van der Waals surface area contributed by atoms with Gasteiger partial charge in [-0.3, -0.25) is 19.6 Å². The first-order chi connectivity index (χ1) is 27.2. The second-order valence-electron chi connectivity index (χ2n) is 15.5. The van der Waals surface area contributed by atoms with E-state index >= 15 is 0 Å². The van der Waals surface area contributed by atoms with Crippen molar-refractivity contribution in [3.05, 3.63) is 93.5 Å². The number of β-amino-alcohol motifs (C(OH)–C–C–N with tert-alkyl or cyclic N) is 1. The molecule has 56 heavy (non-hydrogen) atoms. The lowest BCUT2D eigenvalue weighted by atomic mass is 9.84. The molecular weight excluding hydrogens is 709 g/mol. The number of aliphatic hydroxyl groups is 1. The highest BCUT2D eigenvalue weighted by atomic mass is 16.5. The van der Waals surface area contributed by atoms with Crippen molar-refractivity contribution in [2.75, 3.05) is 81.8 Å². The fourth-order valence-electron chi connectivity index (χ4n) is 9.27. The zero-order valence-corrected chi connectivity index (χ0v) is 33.9. The second kappa shape index (κ2) is 16.1. The summed E-state index contributed by atoms with van der Waals surface area (Å²) in [5.41, 5.74) is 8.15. The summed E-state index contributed by atoms with van der Waals surface area (Å²) >= 11 is 0. The predicted molar refractivity (Wildman–Crippen MR) is 216 cm³/mol. The Kier molecular flexibility index (Phi) is 11.1. The number of hydrogen-bond donors (Lipinski definition) is 1. The van der Waals surface area contributed by atoms with Crippen molar-refractivity contribution in [1.82, 2.24) is 19.6 Å². The summed E-state index contributed by atoms with van der Waals surface area (Å²) in [6.45, 7) is 7.49. The second-order valence-corrected chi connectivity index (χ2v) is 15.5. The van der Waals surface area contributed by atoms with Crippen molar-refractivity contribution in [2.24, 2.45) is 0 Å². The van der Waals surface area contributed by atoms with Gasteiger partial charge >= 0.3 is 0 Å². The molecule has 6 bridgehead atoms. The third-order valence-corrected chi connectivity index (χ3v) is 12.4. The lowest BCUT2D eigenvalue weighted by Crippen LogP contribution is -2.52.